The minimum Gasteiger partial charge on any atom is -0.351 e. The summed E-state index contributed by atoms with van der Waals surface area (Å²) in [5, 5.41) is 8.39. The van der Waals surface area contributed by atoms with E-state index >= 15 is 0 Å². The van der Waals surface area contributed by atoms with E-state index in [0.29, 0.717) is 35.1 Å². The van der Waals surface area contributed by atoms with E-state index in [1.54, 1.807) is 11.2 Å². The van der Waals surface area contributed by atoms with Crippen LogP contribution in [-0.4, -0.2) is 42.7 Å². The summed E-state index contributed by atoms with van der Waals surface area (Å²) < 4.78 is 1.88. The van der Waals surface area contributed by atoms with Crippen LogP contribution in [0.25, 0.3) is 17.2 Å². The van der Waals surface area contributed by atoms with E-state index in [9.17, 15) is 4.79 Å². The number of hydrogen-bond acceptors (Lipinski definition) is 6. The highest BCUT2D eigenvalue weighted by molar-refractivity contribution is 6.10. The average molecular weight is 465 g/mol. The van der Waals surface area contributed by atoms with Crippen molar-refractivity contribution in [3.63, 3.8) is 0 Å². The van der Waals surface area contributed by atoms with Gasteiger partial charge in [-0.2, -0.15) is 0 Å². The highest BCUT2D eigenvalue weighted by Crippen LogP contribution is 2.37. The van der Waals surface area contributed by atoms with Crippen LogP contribution < -0.4 is 9.80 Å². The van der Waals surface area contributed by atoms with E-state index in [1.807, 2.05) is 59.2 Å². The molecule has 0 saturated carbocycles. The second kappa shape index (κ2) is 8.01. The molecule has 8 heteroatoms. The lowest BCUT2D eigenvalue weighted by atomic mass is 10.0. The Kier molecular flexibility index (Phi) is 4.91. The number of anilines is 2. The lowest BCUT2D eigenvalue weighted by Gasteiger charge is -2.33. The van der Waals surface area contributed by atoms with Crippen molar-refractivity contribution in [2.45, 2.75) is 38.8 Å². The third-order valence-electron chi connectivity index (χ3n) is 6.99. The maximum atomic E-state index is 13.5. The number of nitrogens with zero attached hydrogens (tertiary/aromatic N) is 7. The molecule has 0 spiro atoms. The largest absolute Gasteiger partial charge is 0.351 e. The average Bonchev–Trinajstić information content (AvgIpc) is 3.57. The van der Waals surface area contributed by atoms with Gasteiger partial charge in [0, 0.05) is 29.0 Å². The molecular formula is C27H26N7O. The Morgan fingerprint density at radius 1 is 1.00 bits per heavy atom. The molecule has 1 radical (unpaired) electrons. The molecule has 175 valence electrons. The quantitative estimate of drug-likeness (QED) is 0.444. The van der Waals surface area contributed by atoms with Gasteiger partial charge in [0.25, 0.3) is 5.91 Å². The Morgan fingerprint density at radius 3 is 2.60 bits per heavy atom. The SMILES string of the molecule is [CH2]c1nc(N2CCCC2(C)C)cc2c1CN(c1cccc(-c3nncn3-c3ccccc3)n1)C2=O. The van der Waals surface area contributed by atoms with Crippen LogP contribution in [0.5, 0.6) is 0 Å². The van der Waals surface area contributed by atoms with E-state index in [4.69, 9.17) is 9.97 Å². The Morgan fingerprint density at radius 2 is 1.83 bits per heavy atom. The maximum Gasteiger partial charge on any atom is 0.260 e. The third kappa shape index (κ3) is 3.56. The number of para-hydroxylation sites is 1. The molecule has 3 aromatic heterocycles. The predicted molar refractivity (Wildman–Crippen MR) is 134 cm³/mol. The number of rotatable bonds is 4. The van der Waals surface area contributed by atoms with Gasteiger partial charge in [-0.25, -0.2) is 9.97 Å². The first-order valence-electron chi connectivity index (χ1n) is 11.8. The lowest BCUT2D eigenvalue weighted by molar-refractivity contribution is 0.0996. The normalized spacial score (nSPS) is 16.7. The van der Waals surface area contributed by atoms with E-state index in [-0.39, 0.29) is 11.4 Å². The van der Waals surface area contributed by atoms with Crippen LogP contribution in [0.15, 0.2) is 60.9 Å². The summed E-state index contributed by atoms with van der Waals surface area (Å²) in [5.41, 5.74) is 3.75. The number of pyridine rings is 2. The van der Waals surface area contributed by atoms with Crippen molar-refractivity contribution < 1.29 is 4.79 Å². The molecule has 6 rings (SSSR count). The van der Waals surface area contributed by atoms with Crippen molar-refractivity contribution in [2.24, 2.45) is 0 Å². The van der Waals surface area contributed by atoms with Gasteiger partial charge in [0.05, 0.1) is 12.1 Å². The molecule has 1 saturated heterocycles. The minimum atomic E-state index is -0.0836. The number of carbonyl (C=O) groups excluding carboxylic acids is 1. The summed E-state index contributed by atoms with van der Waals surface area (Å²) >= 11 is 0. The van der Waals surface area contributed by atoms with Crippen molar-refractivity contribution in [3.8, 4) is 17.2 Å². The van der Waals surface area contributed by atoms with Crippen LogP contribution in [0.2, 0.25) is 0 Å². The van der Waals surface area contributed by atoms with Crippen molar-refractivity contribution in [1.82, 2.24) is 24.7 Å². The van der Waals surface area contributed by atoms with E-state index < -0.39 is 0 Å². The summed E-state index contributed by atoms with van der Waals surface area (Å²) in [6.45, 7) is 9.94. The molecule has 5 heterocycles. The number of benzene rings is 1. The summed E-state index contributed by atoms with van der Waals surface area (Å²) in [6.07, 6.45) is 3.88. The number of aromatic nitrogens is 5. The lowest BCUT2D eigenvalue weighted by Crippen LogP contribution is -2.38. The first kappa shape index (κ1) is 21.5. The number of amides is 1. The van der Waals surface area contributed by atoms with Crippen LogP contribution in [0.4, 0.5) is 11.6 Å². The Labute approximate surface area is 204 Å². The van der Waals surface area contributed by atoms with Crippen LogP contribution in [-0.2, 0) is 6.54 Å². The molecular weight excluding hydrogens is 438 g/mol. The fraction of sp³-hybridized carbons (Fsp3) is 0.259. The van der Waals surface area contributed by atoms with Gasteiger partial charge in [-0.3, -0.25) is 14.3 Å². The zero-order valence-electron chi connectivity index (χ0n) is 19.8. The fourth-order valence-corrected chi connectivity index (χ4v) is 5.09. The number of carbonyl (C=O) groups is 1. The molecule has 0 atom stereocenters. The molecule has 8 nitrogen and oxygen atoms in total. The molecule has 35 heavy (non-hydrogen) atoms. The van der Waals surface area contributed by atoms with Gasteiger partial charge in [-0.1, -0.05) is 24.3 Å². The monoisotopic (exact) mass is 464 g/mol. The zero-order valence-corrected chi connectivity index (χ0v) is 19.8. The molecule has 0 unspecified atom stereocenters. The molecule has 0 aliphatic carbocycles. The second-order valence-electron chi connectivity index (χ2n) is 9.65. The first-order chi connectivity index (χ1) is 16.9. The second-order valence-corrected chi connectivity index (χ2v) is 9.65. The number of hydrogen-bond donors (Lipinski definition) is 0. The topological polar surface area (TPSA) is 80.0 Å². The molecule has 1 aromatic carbocycles. The highest BCUT2D eigenvalue weighted by Gasteiger charge is 2.36. The van der Waals surface area contributed by atoms with Crippen LogP contribution in [0.3, 0.4) is 0 Å². The van der Waals surface area contributed by atoms with E-state index in [2.05, 4.69) is 35.9 Å². The Balaban J connectivity index is 1.34. The van der Waals surface area contributed by atoms with Gasteiger partial charge in [-0.05, 0) is 63.9 Å². The molecule has 2 aliphatic rings. The summed E-state index contributed by atoms with van der Waals surface area (Å²) in [4.78, 5) is 27.1. The molecule has 0 N–H and O–H groups in total. The summed E-state index contributed by atoms with van der Waals surface area (Å²) in [6, 6.07) is 17.4. The molecule has 1 amide bonds. The standard InChI is InChI=1S/C27H26N7O/c1-18-21-16-32(26(35)20(21)15-24(29-18)34-14-8-13-27(34,2)3)23-12-7-11-22(30-23)25-31-28-17-33(25)19-9-5-4-6-10-19/h4-7,9-12,15,17H,1,8,13-14,16H2,2-3H3. The van der Waals surface area contributed by atoms with E-state index in [0.717, 1.165) is 36.5 Å². The van der Waals surface area contributed by atoms with Crippen molar-refractivity contribution in [2.75, 3.05) is 16.3 Å². The van der Waals surface area contributed by atoms with Gasteiger partial charge < -0.3 is 4.90 Å². The van der Waals surface area contributed by atoms with Crippen LogP contribution in [0.1, 0.15) is 48.3 Å². The van der Waals surface area contributed by atoms with Crippen molar-refractivity contribution >= 4 is 17.5 Å². The minimum absolute atomic E-state index is 0.0135. The molecule has 4 aromatic rings. The Bertz CT molecular complexity index is 1430. The van der Waals surface area contributed by atoms with Crippen molar-refractivity contribution in [1.29, 1.82) is 0 Å². The molecule has 1 fully saturated rings. The van der Waals surface area contributed by atoms with Crippen LogP contribution in [0, 0.1) is 6.92 Å². The number of fused-ring (bicyclic) bond motifs is 1. The molecule has 2 aliphatic heterocycles. The Hall–Kier alpha value is -4.07. The van der Waals surface area contributed by atoms with E-state index in [1.165, 1.54) is 0 Å². The van der Waals surface area contributed by atoms with Crippen molar-refractivity contribution in [3.05, 3.63) is 84.7 Å². The zero-order chi connectivity index (χ0) is 24.2. The first-order valence-corrected chi connectivity index (χ1v) is 11.8. The van der Waals surface area contributed by atoms with Gasteiger partial charge >= 0.3 is 0 Å². The third-order valence-corrected chi connectivity index (χ3v) is 6.99. The predicted octanol–water partition coefficient (Wildman–Crippen LogP) is 4.45. The summed E-state index contributed by atoms with van der Waals surface area (Å²) in [7, 11) is 0. The summed E-state index contributed by atoms with van der Waals surface area (Å²) in [5.74, 6) is 1.91. The smallest absolute Gasteiger partial charge is 0.260 e. The van der Waals surface area contributed by atoms with Gasteiger partial charge in [0.2, 0.25) is 0 Å². The maximum absolute atomic E-state index is 13.5. The van der Waals surface area contributed by atoms with Gasteiger partial charge in [0.15, 0.2) is 5.82 Å². The van der Waals surface area contributed by atoms with Crippen LogP contribution >= 0.6 is 0 Å². The fourth-order valence-electron chi connectivity index (χ4n) is 5.09. The van der Waals surface area contributed by atoms with Gasteiger partial charge in [-0.15, -0.1) is 10.2 Å². The molecule has 0 bridgehead atoms. The highest BCUT2D eigenvalue weighted by atomic mass is 16.2. The van der Waals surface area contributed by atoms with Gasteiger partial charge in [0.1, 0.15) is 23.7 Å².